The molecule has 0 atom stereocenters. The highest BCUT2D eigenvalue weighted by atomic mass is 35.5. The van der Waals surface area contributed by atoms with E-state index in [-0.39, 0.29) is 28.4 Å². The topological polar surface area (TPSA) is 70.9 Å². The molecule has 1 amide bonds. The molecule has 0 radical (unpaired) electrons. The quantitative estimate of drug-likeness (QED) is 0.505. The van der Waals surface area contributed by atoms with Crippen molar-refractivity contribution in [1.82, 2.24) is 9.62 Å². The molecule has 1 saturated heterocycles. The molecule has 0 bridgehead atoms. The number of halogens is 2. The van der Waals surface area contributed by atoms with Crippen LogP contribution in [0.2, 0.25) is 10.0 Å². The van der Waals surface area contributed by atoms with Crippen molar-refractivity contribution < 1.29 is 18.1 Å². The number of nitrogens with one attached hydrogen (secondary N) is 2. The van der Waals surface area contributed by atoms with Crippen LogP contribution in [-0.4, -0.2) is 51.4 Å². The van der Waals surface area contributed by atoms with Crippen molar-refractivity contribution in [3.05, 3.63) is 100 Å². The fourth-order valence-electron chi connectivity index (χ4n) is 4.12. The van der Waals surface area contributed by atoms with Gasteiger partial charge in [-0.1, -0.05) is 83.9 Å². The van der Waals surface area contributed by atoms with Gasteiger partial charge in [0.05, 0.1) is 37.2 Å². The number of piperazine rings is 1. The second kappa shape index (κ2) is 10.9. The minimum Gasteiger partial charge on any atom is -0.340 e. The second-order valence-corrected chi connectivity index (χ2v) is 11.0. The number of carbonyl (C=O) groups excluding carboxylic acids is 1. The number of benzene rings is 3. The Balaban J connectivity index is 1.39. The molecule has 3 aromatic carbocycles. The standard InChI is InChI=1S/C25H25Cl2N3O3S/c26-21-11-12-22(27)23(17-21)34(32,33)30-15-13-29(14-16-30)18-24(31)28-25(19-7-3-1-4-8-19)20-9-5-2-6-10-20/h1-12,17,25H,13-16,18H2,(H,28,31)/p+1. The van der Waals surface area contributed by atoms with E-state index >= 15 is 0 Å². The first kappa shape index (κ1) is 24.7. The number of hydrogen-bond acceptors (Lipinski definition) is 3. The molecule has 1 fully saturated rings. The molecule has 0 saturated carbocycles. The Kier molecular flexibility index (Phi) is 7.91. The molecule has 1 heterocycles. The summed E-state index contributed by atoms with van der Waals surface area (Å²) in [5.41, 5.74) is 2.01. The van der Waals surface area contributed by atoms with Gasteiger partial charge >= 0.3 is 0 Å². The van der Waals surface area contributed by atoms with Gasteiger partial charge in [0.1, 0.15) is 4.90 Å². The van der Waals surface area contributed by atoms with E-state index in [4.69, 9.17) is 23.2 Å². The number of rotatable bonds is 7. The lowest BCUT2D eigenvalue weighted by Crippen LogP contribution is -3.15. The number of carbonyl (C=O) groups is 1. The highest BCUT2D eigenvalue weighted by Gasteiger charge is 2.33. The van der Waals surface area contributed by atoms with Crippen LogP contribution in [-0.2, 0) is 14.8 Å². The molecule has 0 unspecified atom stereocenters. The Morgan fingerprint density at radius 2 is 1.47 bits per heavy atom. The summed E-state index contributed by atoms with van der Waals surface area (Å²) in [5.74, 6) is -0.0816. The Bertz CT molecular complexity index is 1190. The first-order valence-corrected chi connectivity index (χ1v) is 13.2. The fraction of sp³-hybridized carbons (Fsp3) is 0.240. The van der Waals surface area contributed by atoms with Gasteiger partial charge in [0.15, 0.2) is 6.54 Å². The zero-order valence-electron chi connectivity index (χ0n) is 18.5. The Hall–Kier alpha value is -2.42. The van der Waals surface area contributed by atoms with Gasteiger partial charge in [-0.3, -0.25) is 4.79 Å². The predicted molar refractivity (Wildman–Crippen MR) is 134 cm³/mol. The monoisotopic (exact) mass is 518 g/mol. The second-order valence-electron chi connectivity index (χ2n) is 8.23. The van der Waals surface area contributed by atoms with Crippen LogP contribution < -0.4 is 10.2 Å². The van der Waals surface area contributed by atoms with Gasteiger partial charge in [-0.25, -0.2) is 8.42 Å². The van der Waals surface area contributed by atoms with E-state index < -0.39 is 10.0 Å². The third kappa shape index (κ3) is 5.79. The normalized spacial score (nSPS) is 15.4. The zero-order valence-corrected chi connectivity index (χ0v) is 20.8. The Morgan fingerprint density at radius 1 is 0.912 bits per heavy atom. The lowest BCUT2D eigenvalue weighted by molar-refractivity contribution is -0.895. The maximum Gasteiger partial charge on any atom is 0.275 e. The first-order chi connectivity index (χ1) is 16.3. The van der Waals surface area contributed by atoms with E-state index in [9.17, 15) is 13.2 Å². The molecule has 2 N–H and O–H groups in total. The number of hydrogen-bond donors (Lipinski definition) is 2. The number of quaternary nitrogens is 1. The number of amides is 1. The van der Waals surface area contributed by atoms with E-state index in [0.717, 1.165) is 16.0 Å². The summed E-state index contributed by atoms with van der Waals surface area (Å²) in [6, 6.07) is 23.9. The summed E-state index contributed by atoms with van der Waals surface area (Å²) in [5, 5.41) is 3.61. The Morgan fingerprint density at radius 3 is 2.03 bits per heavy atom. The van der Waals surface area contributed by atoms with Crippen LogP contribution in [0, 0.1) is 0 Å². The van der Waals surface area contributed by atoms with Crippen molar-refractivity contribution in [2.75, 3.05) is 32.7 Å². The minimum atomic E-state index is -3.76. The first-order valence-electron chi connectivity index (χ1n) is 11.0. The van der Waals surface area contributed by atoms with Crippen molar-refractivity contribution in [3.63, 3.8) is 0 Å². The molecule has 4 rings (SSSR count). The van der Waals surface area contributed by atoms with Crippen LogP contribution in [0.3, 0.4) is 0 Å². The van der Waals surface area contributed by atoms with Gasteiger partial charge in [-0.05, 0) is 29.3 Å². The predicted octanol–water partition coefficient (Wildman–Crippen LogP) is 2.79. The summed E-state index contributed by atoms with van der Waals surface area (Å²) in [7, 11) is -3.76. The van der Waals surface area contributed by atoms with E-state index in [1.165, 1.54) is 16.4 Å². The van der Waals surface area contributed by atoms with Crippen LogP contribution in [0.25, 0.3) is 0 Å². The third-order valence-corrected chi connectivity index (χ3v) is 8.54. The van der Waals surface area contributed by atoms with Gasteiger partial charge in [-0.2, -0.15) is 4.31 Å². The summed E-state index contributed by atoms with van der Waals surface area (Å²) in [6.07, 6.45) is 0. The van der Waals surface area contributed by atoms with Gasteiger partial charge < -0.3 is 10.2 Å². The minimum absolute atomic E-state index is 0.0106. The van der Waals surface area contributed by atoms with Crippen LogP contribution >= 0.6 is 23.2 Å². The molecule has 0 aliphatic carbocycles. The van der Waals surface area contributed by atoms with Crippen molar-refractivity contribution in [2.45, 2.75) is 10.9 Å². The molecule has 178 valence electrons. The highest BCUT2D eigenvalue weighted by molar-refractivity contribution is 7.89. The molecule has 1 aliphatic rings. The summed E-state index contributed by atoms with van der Waals surface area (Å²) < 4.78 is 27.5. The average Bonchev–Trinajstić information content (AvgIpc) is 2.85. The van der Waals surface area contributed by atoms with E-state index in [0.29, 0.717) is 31.2 Å². The molecule has 1 aliphatic heterocycles. The molecule has 6 nitrogen and oxygen atoms in total. The number of nitrogens with zero attached hydrogens (tertiary/aromatic N) is 1. The largest absolute Gasteiger partial charge is 0.340 e. The van der Waals surface area contributed by atoms with Gasteiger partial charge in [0.25, 0.3) is 5.91 Å². The van der Waals surface area contributed by atoms with Crippen molar-refractivity contribution in [1.29, 1.82) is 0 Å². The number of sulfonamides is 1. The molecule has 34 heavy (non-hydrogen) atoms. The van der Waals surface area contributed by atoms with E-state index in [1.54, 1.807) is 6.07 Å². The Labute approximate surface area is 210 Å². The molecule has 3 aromatic rings. The highest BCUT2D eigenvalue weighted by Crippen LogP contribution is 2.27. The molecule has 9 heteroatoms. The van der Waals surface area contributed by atoms with Crippen molar-refractivity contribution >= 4 is 39.1 Å². The average molecular weight is 519 g/mol. The van der Waals surface area contributed by atoms with Crippen molar-refractivity contribution in [3.8, 4) is 0 Å². The maximum absolute atomic E-state index is 13.0. The fourth-order valence-corrected chi connectivity index (χ4v) is 6.30. The van der Waals surface area contributed by atoms with Crippen molar-refractivity contribution in [2.24, 2.45) is 0 Å². The molecule has 0 spiro atoms. The molecule has 0 aromatic heterocycles. The van der Waals surface area contributed by atoms with Gasteiger partial charge in [-0.15, -0.1) is 0 Å². The van der Waals surface area contributed by atoms with Crippen LogP contribution in [0.5, 0.6) is 0 Å². The van der Waals surface area contributed by atoms with Crippen LogP contribution in [0.15, 0.2) is 83.8 Å². The summed E-state index contributed by atoms with van der Waals surface area (Å²) in [4.78, 5) is 14.0. The van der Waals surface area contributed by atoms with Gasteiger partial charge in [0.2, 0.25) is 10.0 Å². The SMILES string of the molecule is O=C(C[NH+]1CCN(S(=O)(=O)c2cc(Cl)ccc2Cl)CC1)NC(c1ccccc1)c1ccccc1. The summed E-state index contributed by atoms with van der Waals surface area (Å²) >= 11 is 12.1. The van der Waals surface area contributed by atoms with Crippen LogP contribution in [0.4, 0.5) is 0 Å². The van der Waals surface area contributed by atoms with Crippen LogP contribution in [0.1, 0.15) is 17.2 Å². The molecular weight excluding hydrogens is 493 g/mol. The molecular formula is C25H26Cl2N3O3S+. The zero-order chi connectivity index (χ0) is 24.1. The van der Waals surface area contributed by atoms with Gasteiger partial charge in [0, 0.05) is 5.02 Å². The van der Waals surface area contributed by atoms with E-state index in [1.807, 2.05) is 60.7 Å². The van der Waals surface area contributed by atoms with E-state index in [2.05, 4.69) is 5.32 Å². The lowest BCUT2D eigenvalue weighted by Gasteiger charge is -2.31. The third-order valence-electron chi connectivity index (χ3n) is 5.92. The summed E-state index contributed by atoms with van der Waals surface area (Å²) in [6.45, 7) is 1.91. The maximum atomic E-state index is 13.0. The smallest absolute Gasteiger partial charge is 0.275 e. The lowest BCUT2D eigenvalue weighted by atomic mass is 9.99.